The van der Waals surface area contributed by atoms with Gasteiger partial charge in [0, 0.05) is 0 Å². The van der Waals surface area contributed by atoms with Gasteiger partial charge in [-0.15, -0.1) is 0 Å². The van der Waals surface area contributed by atoms with Crippen molar-refractivity contribution in [3.05, 3.63) is 47.8 Å². The van der Waals surface area contributed by atoms with E-state index in [0.29, 0.717) is 6.04 Å². The quantitative estimate of drug-likeness (QED) is 0.806. The molecule has 1 aromatic carbocycles. The Labute approximate surface area is 108 Å². The van der Waals surface area contributed by atoms with E-state index < -0.39 is 0 Å². The van der Waals surface area contributed by atoms with Crippen LogP contribution in [-0.2, 0) is 0 Å². The van der Waals surface area contributed by atoms with Crippen molar-refractivity contribution in [1.29, 1.82) is 0 Å². The molecule has 0 N–H and O–H groups in total. The summed E-state index contributed by atoms with van der Waals surface area (Å²) in [6.45, 7) is 3.25. The first-order chi connectivity index (χ1) is 8.75. The standard InChI is InChI=1S/C15H19N3/c1-12-11-15(14-9-6-10-17(14)2)18(16-12)13-7-4-3-5-8-13/h3-5,7-8,11,14H,6,9-10H2,1-2H3/t14-/m0/s1. The average molecular weight is 241 g/mol. The van der Waals surface area contributed by atoms with Crippen LogP contribution in [0.15, 0.2) is 36.4 Å². The summed E-state index contributed by atoms with van der Waals surface area (Å²) in [5.74, 6) is 0. The van der Waals surface area contributed by atoms with E-state index in [4.69, 9.17) is 0 Å². The van der Waals surface area contributed by atoms with E-state index in [0.717, 1.165) is 11.4 Å². The summed E-state index contributed by atoms with van der Waals surface area (Å²) in [6, 6.07) is 13.1. The van der Waals surface area contributed by atoms with Crippen molar-refractivity contribution in [2.75, 3.05) is 13.6 Å². The lowest BCUT2D eigenvalue weighted by molar-refractivity contribution is 0.307. The molecular formula is C15H19N3. The average Bonchev–Trinajstić information content (AvgIpc) is 2.96. The number of para-hydroxylation sites is 1. The molecule has 1 aromatic heterocycles. The molecule has 0 unspecified atom stereocenters. The fourth-order valence-corrected chi connectivity index (χ4v) is 2.82. The molecule has 0 saturated carbocycles. The summed E-state index contributed by atoms with van der Waals surface area (Å²) in [6.07, 6.45) is 2.51. The van der Waals surface area contributed by atoms with Gasteiger partial charge in [-0.1, -0.05) is 18.2 Å². The van der Waals surface area contributed by atoms with Crippen LogP contribution >= 0.6 is 0 Å². The zero-order valence-electron chi connectivity index (χ0n) is 11.0. The second kappa shape index (κ2) is 4.58. The number of benzene rings is 1. The summed E-state index contributed by atoms with van der Waals surface area (Å²) >= 11 is 0. The molecule has 0 spiro atoms. The second-order valence-electron chi connectivity index (χ2n) is 5.10. The van der Waals surface area contributed by atoms with Crippen molar-refractivity contribution in [2.45, 2.75) is 25.8 Å². The van der Waals surface area contributed by atoms with Gasteiger partial charge in [0.05, 0.1) is 23.1 Å². The molecule has 1 aliphatic heterocycles. The monoisotopic (exact) mass is 241 g/mol. The first-order valence-corrected chi connectivity index (χ1v) is 6.58. The highest BCUT2D eigenvalue weighted by molar-refractivity contribution is 5.34. The predicted octanol–water partition coefficient (Wildman–Crippen LogP) is 2.95. The van der Waals surface area contributed by atoms with Crippen molar-refractivity contribution in [2.24, 2.45) is 0 Å². The number of rotatable bonds is 2. The van der Waals surface area contributed by atoms with Crippen molar-refractivity contribution < 1.29 is 0 Å². The van der Waals surface area contributed by atoms with E-state index >= 15 is 0 Å². The topological polar surface area (TPSA) is 21.1 Å². The molecule has 1 atom stereocenters. The van der Waals surface area contributed by atoms with Gasteiger partial charge >= 0.3 is 0 Å². The summed E-state index contributed by atoms with van der Waals surface area (Å²) in [5, 5.41) is 4.65. The minimum absolute atomic E-state index is 0.506. The molecule has 0 aliphatic carbocycles. The van der Waals surface area contributed by atoms with Gasteiger partial charge in [-0.05, 0) is 51.6 Å². The van der Waals surface area contributed by atoms with E-state index in [-0.39, 0.29) is 0 Å². The number of aryl methyl sites for hydroxylation is 1. The Hall–Kier alpha value is -1.61. The normalized spacial score (nSPS) is 20.4. The van der Waals surface area contributed by atoms with Crippen molar-refractivity contribution in [3.8, 4) is 5.69 Å². The van der Waals surface area contributed by atoms with Gasteiger partial charge < -0.3 is 0 Å². The molecule has 3 nitrogen and oxygen atoms in total. The van der Waals surface area contributed by atoms with Crippen LogP contribution in [0.3, 0.4) is 0 Å². The number of likely N-dealkylation sites (tertiary alicyclic amines) is 1. The Balaban J connectivity index is 2.05. The third kappa shape index (κ3) is 1.95. The summed E-state index contributed by atoms with van der Waals surface area (Å²) in [7, 11) is 2.20. The van der Waals surface area contributed by atoms with Gasteiger partial charge in [0.15, 0.2) is 0 Å². The lowest BCUT2D eigenvalue weighted by Gasteiger charge is -2.20. The zero-order chi connectivity index (χ0) is 12.5. The Morgan fingerprint density at radius 1 is 1.22 bits per heavy atom. The third-order valence-electron chi connectivity index (χ3n) is 3.72. The molecule has 3 rings (SSSR count). The number of nitrogens with zero attached hydrogens (tertiary/aromatic N) is 3. The van der Waals surface area contributed by atoms with Crippen LogP contribution in [0.1, 0.15) is 30.3 Å². The first-order valence-electron chi connectivity index (χ1n) is 6.58. The minimum atomic E-state index is 0.506. The molecule has 1 aliphatic rings. The second-order valence-corrected chi connectivity index (χ2v) is 5.10. The Morgan fingerprint density at radius 2 is 2.00 bits per heavy atom. The molecule has 18 heavy (non-hydrogen) atoms. The fraction of sp³-hybridized carbons (Fsp3) is 0.400. The van der Waals surface area contributed by atoms with Gasteiger partial charge in [0.1, 0.15) is 0 Å². The van der Waals surface area contributed by atoms with Gasteiger partial charge in [0.2, 0.25) is 0 Å². The highest BCUT2D eigenvalue weighted by Crippen LogP contribution is 2.31. The molecular weight excluding hydrogens is 222 g/mol. The highest BCUT2D eigenvalue weighted by atomic mass is 15.3. The van der Waals surface area contributed by atoms with Crippen molar-refractivity contribution >= 4 is 0 Å². The molecule has 1 fully saturated rings. The molecule has 1 saturated heterocycles. The Bertz CT molecular complexity index is 530. The Kier molecular flexibility index (Phi) is 2.92. The summed E-state index contributed by atoms with van der Waals surface area (Å²) < 4.78 is 2.10. The van der Waals surface area contributed by atoms with Crippen LogP contribution in [-0.4, -0.2) is 28.3 Å². The van der Waals surface area contributed by atoms with Crippen LogP contribution in [0, 0.1) is 6.92 Å². The van der Waals surface area contributed by atoms with Gasteiger partial charge in [-0.2, -0.15) is 5.10 Å². The van der Waals surface area contributed by atoms with Crippen LogP contribution < -0.4 is 0 Å². The van der Waals surface area contributed by atoms with Crippen molar-refractivity contribution in [1.82, 2.24) is 14.7 Å². The highest BCUT2D eigenvalue weighted by Gasteiger charge is 2.26. The lowest BCUT2D eigenvalue weighted by Crippen LogP contribution is -2.20. The molecule has 0 amide bonds. The van der Waals surface area contributed by atoms with Gasteiger partial charge in [0.25, 0.3) is 0 Å². The van der Waals surface area contributed by atoms with Crippen molar-refractivity contribution in [3.63, 3.8) is 0 Å². The van der Waals surface area contributed by atoms with E-state index in [2.05, 4.69) is 59.0 Å². The zero-order valence-corrected chi connectivity index (χ0v) is 11.0. The molecule has 94 valence electrons. The van der Waals surface area contributed by atoms with E-state index in [1.165, 1.54) is 25.1 Å². The summed E-state index contributed by atoms with van der Waals surface area (Å²) in [4.78, 5) is 2.43. The smallest absolute Gasteiger partial charge is 0.0649 e. The maximum atomic E-state index is 4.65. The third-order valence-corrected chi connectivity index (χ3v) is 3.72. The predicted molar refractivity (Wildman–Crippen MR) is 72.9 cm³/mol. The molecule has 3 heteroatoms. The van der Waals surface area contributed by atoms with E-state index in [1.807, 2.05) is 6.07 Å². The number of hydrogen-bond acceptors (Lipinski definition) is 2. The summed E-state index contributed by atoms with van der Waals surface area (Å²) in [5.41, 5.74) is 3.56. The minimum Gasteiger partial charge on any atom is -0.298 e. The maximum absolute atomic E-state index is 4.65. The fourth-order valence-electron chi connectivity index (χ4n) is 2.82. The van der Waals surface area contributed by atoms with Crippen LogP contribution in [0.25, 0.3) is 5.69 Å². The van der Waals surface area contributed by atoms with Crippen LogP contribution in [0.4, 0.5) is 0 Å². The Morgan fingerprint density at radius 3 is 2.67 bits per heavy atom. The number of aromatic nitrogens is 2. The van der Waals surface area contributed by atoms with Gasteiger partial charge in [-0.25, -0.2) is 4.68 Å². The van der Waals surface area contributed by atoms with E-state index in [1.54, 1.807) is 0 Å². The van der Waals surface area contributed by atoms with Gasteiger partial charge in [-0.3, -0.25) is 4.90 Å². The first kappa shape index (κ1) is 11.5. The molecule has 2 heterocycles. The largest absolute Gasteiger partial charge is 0.298 e. The molecule has 2 aromatic rings. The lowest BCUT2D eigenvalue weighted by atomic mass is 10.1. The van der Waals surface area contributed by atoms with Crippen LogP contribution in [0.5, 0.6) is 0 Å². The molecule has 0 radical (unpaired) electrons. The van der Waals surface area contributed by atoms with E-state index in [9.17, 15) is 0 Å². The van der Waals surface area contributed by atoms with Crippen LogP contribution in [0.2, 0.25) is 0 Å². The maximum Gasteiger partial charge on any atom is 0.0649 e. The number of hydrogen-bond donors (Lipinski definition) is 0. The molecule has 0 bridgehead atoms. The SMILES string of the molecule is Cc1cc([C@@H]2CCCN2C)n(-c2ccccc2)n1.